The van der Waals surface area contributed by atoms with Gasteiger partial charge in [0.15, 0.2) is 0 Å². The second kappa shape index (κ2) is 6.75. The number of nitrogens with zero attached hydrogens (tertiary/aromatic N) is 3. The van der Waals surface area contributed by atoms with Crippen LogP contribution in [-0.2, 0) is 24.8 Å². The van der Waals surface area contributed by atoms with Gasteiger partial charge in [0.05, 0.1) is 18.9 Å². The van der Waals surface area contributed by atoms with Gasteiger partial charge in [0.1, 0.15) is 5.58 Å². The van der Waals surface area contributed by atoms with Crippen LogP contribution in [0.4, 0.5) is 0 Å². The molecule has 0 spiro atoms. The predicted molar refractivity (Wildman–Crippen MR) is 98.3 cm³/mol. The second-order valence-electron chi connectivity index (χ2n) is 7.01. The summed E-state index contributed by atoms with van der Waals surface area (Å²) < 4.78 is 7.42. The maximum absolute atomic E-state index is 12.9. The molecule has 5 heteroatoms. The van der Waals surface area contributed by atoms with Crippen LogP contribution < -0.4 is 0 Å². The van der Waals surface area contributed by atoms with Crippen molar-refractivity contribution in [3.05, 3.63) is 53.0 Å². The molecule has 3 rings (SSSR count). The largest absolute Gasteiger partial charge is 0.464 e. The number of fused-ring (bicyclic) bond motifs is 1. The molecule has 0 aliphatic rings. The summed E-state index contributed by atoms with van der Waals surface area (Å²) in [5.41, 5.74) is 5.22. The van der Waals surface area contributed by atoms with Crippen LogP contribution >= 0.6 is 0 Å². The highest BCUT2D eigenvalue weighted by Crippen LogP contribution is 2.26. The summed E-state index contributed by atoms with van der Waals surface area (Å²) >= 11 is 0. The summed E-state index contributed by atoms with van der Waals surface area (Å²) in [6.45, 7) is 8.79. The fourth-order valence-electron chi connectivity index (χ4n) is 3.05. The van der Waals surface area contributed by atoms with Gasteiger partial charge in [-0.15, -0.1) is 0 Å². The van der Waals surface area contributed by atoms with E-state index in [0.29, 0.717) is 13.0 Å². The van der Waals surface area contributed by atoms with Crippen LogP contribution in [0.2, 0.25) is 0 Å². The summed E-state index contributed by atoms with van der Waals surface area (Å²) in [5.74, 6) is 0.0970. The van der Waals surface area contributed by atoms with Crippen LogP contribution in [0.3, 0.4) is 0 Å². The van der Waals surface area contributed by atoms with Gasteiger partial charge in [0.2, 0.25) is 5.91 Å². The number of furan rings is 1. The third kappa shape index (κ3) is 3.60. The Hall–Kier alpha value is -2.56. The van der Waals surface area contributed by atoms with E-state index in [2.05, 4.69) is 25.0 Å². The molecule has 0 bridgehead atoms. The van der Waals surface area contributed by atoms with E-state index in [4.69, 9.17) is 4.42 Å². The van der Waals surface area contributed by atoms with E-state index in [1.807, 2.05) is 44.3 Å². The first kappa shape index (κ1) is 17.3. The highest BCUT2D eigenvalue weighted by molar-refractivity contribution is 5.88. The fraction of sp³-hybridized carbons (Fsp3) is 0.400. The third-order valence-corrected chi connectivity index (χ3v) is 4.67. The number of aromatic nitrogens is 2. The molecular formula is C20H25N3O2. The minimum atomic E-state index is 0.0970. The Labute approximate surface area is 148 Å². The molecule has 0 radical (unpaired) electrons. The van der Waals surface area contributed by atoms with Crippen molar-refractivity contribution in [3.63, 3.8) is 0 Å². The highest BCUT2D eigenvalue weighted by Gasteiger charge is 2.20. The number of hydrogen-bond acceptors (Lipinski definition) is 3. The maximum atomic E-state index is 12.9. The van der Waals surface area contributed by atoms with Crippen molar-refractivity contribution in [3.8, 4) is 0 Å². The molecule has 0 fully saturated rings. The topological polar surface area (TPSA) is 51.3 Å². The summed E-state index contributed by atoms with van der Waals surface area (Å²) in [4.78, 5) is 14.8. The van der Waals surface area contributed by atoms with Gasteiger partial charge in [-0.3, -0.25) is 9.48 Å². The minimum absolute atomic E-state index is 0.0970. The Balaban J connectivity index is 1.83. The molecule has 5 nitrogen and oxygen atoms in total. The molecule has 0 saturated carbocycles. The Morgan fingerprint density at radius 3 is 2.64 bits per heavy atom. The molecule has 0 saturated heterocycles. The Morgan fingerprint density at radius 2 is 2.00 bits per heavy atom. The van der Waals surface area contributed by atoms with E-state index in [1.54, 1.807) is 10.9 Å². The third-order valence-electron chi connectivity index (χ3n) is 4.67. The molecule has 0 unspecified atom stereocenters. The first-order valence-corrected chi connectivity index (χ1v) is 8.59. The van der Waals surface area contributed by atoms with Crippen molar-refractivity contribution in [2.45, 2.75) is 46.7 Å². The SMILES string of the molecule is Cc1cc2occ(CC(=O)N(Cc3cnn(C)c3)C(C)C)c2cc1C. The molecule has 0 N–H and O–H groups in total. The monoisotopic (exact) mass is 339 g/mol. The van der Waals surface area contributed by atoms with E-state index in [-0.39, 0.29) is 11.9 Å². The highest BCUT2D eigenvalue weighted by atomic mass is 16.3. The summed E-state index contributed by atoms with van der Waals surface area (Å²) in [6, 6.07) is 4.27. The normalized spacial score (nSPS) is 11.4. The number of hydrogen-bond donors (Lipinski definition) is 0. The van der Waals surface area contributed by atoms with Crippen molar-refractivity contribution >= 4 is 16.9 Å². The standard InChI is InChI=1S/C20H25N3O2/c1-13(2)23(11-16-9-21-22(5)10-16)20(24)8-17-12-25-19-7-15(4)14(3)6-18(17)19/h6-7,9-10,12-13H,8,11H2,1-5H3. The van der Waals surface area contributed by atoms with E-state index in [1.165, 1.54) is 11.1 Å². The quantitative estimate of drug-likeness (QED) is 0.711. The van der Waals surface area contributed by atoms with Crippen molar-refractivity contribution in [1.82, 2.24) is 14.7 Å². The predicted octanol–water partition coefficient (Wildman–Crippen LogP) is 3.76. The zero-order chi connectivity index (χ0) is 18.1. The van der Waals surface area contributed by atoms with Gasteiger partial charge >= 0.3 is 0 Å². The molecule has 1 aromatic carbocycles. The average molecular weight is 339 g/mol. The van der Waals surface area contributed by atoms with Gasteiger partial charge in [-0.1, -0.05) is 0 Å². The fourth-order valence-corrected chi connectivity index (χ4v) is 3.05. The lowest BCUT2D eigenvalue weighted by Gasteiger charge is -2.26. The Bertz CT molecular complexity index is 905. The van der Waals surface area contributed by atoms with Crippen LogP contribution in [0.5, 0.6) is 0 Å². The number of benzene rings is 1. The van der Waals surface area contributed by atoms with Gasteiger partial charge in [-0.2, -0.15) is 5.10 Å². The molecule has 0 aliphatic carbocycles. The molecule has 0 aliphatic heterocycles. The van der Waals surface area contributed by atoms with Crippen molar-refractivity contribution in [1.29, 1.82) is 0 Å². The molecule has 1 amide bonds. The lowest BCUT2D eigenvalue weighted by Crippen LogP contribution is -2.37. The first-order chi connectivity index (χ1) is 11.8. The Kier molecular flexibility index (Phi) is 4.66. The van der Waals surface area contributed by atoms with Crippen molar-refractivity contribution in [2.75, 3.05) is 0 Å². The molecule has 2 heterocycles. The number of amides is 1. The zero-order valence-corrected chi connectivity index (χ0v) is 15.5. The van der Waals surface area contributed by atoms with E-state index in [9.17, 15) is 4.79 Å². The summed E-state index contributed by atoms with van der Waals surface area (Å²) in [7, 11) is 1.88. The van der Waals surface area contributed by atoms with Gasteiger partial charge in [0.25, 0.3) is 0 Å². The van der Waals surface area contributed by atoms with E-state index < -0.39 is 0 Å². The molecular weight excluding hydrogens is 314 g/mol. The van der Waals surface area contributed by atoms with Crippen molar-refractivity contribution in [2.24, 2.45) is 7.05 Å². The smallest absolute Gasteiger partial charge is 0.227 e. The summed E-state index contributed by atoms with van der Waals surface area (Å²) in [6.07, 6.45) is 5.81. The average Bonchev–Trinajstić information content (AvgIpc) is 3.12. The minimum Gasteiger partial charge on any atom is -0.464 e. The summed E-state index contributed by atoms with van der Waals surface area (Å²) in [5, 5.41) is 5.22. The molecule has 2 aromatic heterocycles. The Morgan fingerprint density at radius 1 is 1.28 bits per heavy atom. The number of rotatable bonds is 5. The molecule has 25 heavy (non-hydrogen) atoms. The molecule has 132 valence electrons. The van der Waals surface area contributed by atoms with Crippen LogP contribution in [0, 0.1) is 13.8 Å². The van der Waals surface area contributed by atoms with Crippen molar-refractivity contribution < 1.29 is 9.21 Å². The van der Waals surface area contributed by atoms with E-state index >= 15 is 0 Å². The van der Waals surface area contributed by atoms with Crippen LogP contribution in [0.25, 0.3) is 11.0 Å². The maximum Gasteiger partial charge on any atom is 0.227 e. The van der Waals surface area contributed by atoms with Crippen LogP contribution in [0.1, 0.15) is 36.1 Å². The van der Waals surface area contributed by atoms with Crippen LogP contribution in [0.15, 0.2) is 35.2 Å². The zero-order valence-electron chi connectivity index (χ0n) is 15.5. The van der Waals surface area contributed by atoms with Gasteiger partial charge in [0, 0.05) is 42.3 Å². The lowest BCUT2D eigenvalue weighted by atomic mass is 10.0. The van der Waals surface area contributed by atoms with Crippen LogP contribution in [-0.4, -0.2) is 26.6 Å². The molecule has 0 atom stereocenters. The van der Waals surface area contributed by atoms with Gasteiger partial charge in [-0.25, -0.2) is 0 Å². The molecule has 3 aromatic rings. The number of aryl methyl sites for hydroxylation is 3. The first-order valence-electron chi connectivity index (χ1n) is 8.59. The van der Waals surface area contributed by atoms with E-state index in [0.717, 1.165) is 22.1 Å². The number of carbonyl (C=O) groups is 1. The number of carbonyl (C=O) groups excluding carboxylic acids is 1. The van der Waals surface area contributed by atoms with Gasteiger partial charge < -0.3 is 9.32 Å². The lowest BCUT2D eigenvalue weighted by molar-refractivity contribution is -0.132. The van der Waals surface area contributed by atoms with Gasteiger partial charge in [-0.05, 0) is 51.0 Å². The second-order valence-corrected chi connectivity index (χ2v) is 7.01.